The van der Waals surface area contributed by atoms with Crippen molar-refractivity contribution >= 4 is 44.7 Å². The Kier molecular flexibility index (Phi) is 4.87. The summed E-state index contributed by atoms with van der Waals surface area (Å²) in [5, 5.41) is 17.2. The highest BCUT2D eigenvalue weighted by molar-refractivity contribution is 7.14. The van der Waals surface area contributed by atoms with E-state index in [1.165, 1.54) is 11.3 Å². The number of hydrogen-bond acceptors (Lipinski definition) is 7. The van der Waals surface area contributed by atoms with Gasteiger partial charge in [0.05, 0.1) is 23.0 Å². The monoisotopic (exact) mass is 449 g/mol. The second-order valence-corrected chi connectivity index (χ2v) is 8.94. The molecule has 5 rings (SSSR count). The van der Waals surface area contributed by atoms with Crippen molar-refractivity contribution in [2.24, 2.45) is 7.05 Å². The number of amides is 1. The van der Waals surface area contributed by atoms with Crippen LogP contribution in [0.3, 0.4) is 0 Å². The van der Waals surface area contributed by atoms with E-state index in [0.717, 1.165) is 38.5 Å². The Balaban J connectivity index is 1.38. The molecule has 10 heteroatoms. The molecule has 0 unspecified atom stereocenters. The van der Waals surface area contributed by atoms with E-state index in [4.69, 9.17) is 0 Å². The highest BCUT2D eigenvalue weighted by Crippen LogP contribution is 2.32. The number of aryl methyl sites for hydroxylation is 2. The lowest BCUT2D eigenvalue weighted by Gasteiger charge is -2.04. The molecule has 5 heterocycles. The SMILES string of the molecule is Cc1nn(CC(=O)Nc2nc(-c3cnn(C)c3C)cs2)c2nccc(-c3cccs3)c12. The molecule has 0 aliphatic rings. The molecule has 31 heavy (non-hydrogen) atoms. The number of thiazole rings is 1. The van der Waals surface area contributed by atoms with Crippen molar-refractivity contribution in [3.63, 3.8) is 0 Å². The molecule has 0 saturated heterocycles. The summed E-state index contributed by atoms with van der Waals surface area (Å²) in [6.45, 7) is 3.99. The number of anilines is 1. The average molecular weight is 450 g/mol. The van der Waals surface area contributed by atoms with Gasteiger partial charge in [0, 0.05) is 40.3 Å². The Morgan fingerprint density at radius 3 is 2.81 bits per heavy atom. The first-order valence-electron chi connectivity index (χ1n) is 9.61. The van der Waals surface area contributed by atoms with Gasteiger partial charge in [-0.25, -0.2) is 14.6 Å². The van der Waals surface area contributed by atoms with Crippen LogP contribution in [0.4, 0.5) is 5.13 Å². The predicted molar refractivity (Wildman–Crippen MR) is 123 cm³/mol. The number of fused-ring (bicyclic) bond motifs is 1. The van der Waals surface area contributed by atoms with Crippen LogP contribution in [0.1, 0.15) is 11.4 Å². The normalized spacial score (nSPS) is 11.3. The lowest BCUT2D eigenvalue weighted by Crippen LogP contribution is -2.19. The van der Waals surface area contributed by atoms with Crippen LogP contribution in [0.5, 0.6) is 0 Å². The molecular weight excluding hydrogens is 430 g/mol. The molecule has 156 valence electrons. The van der Waals surface area contributed by atoms with Gasteiger partial charge in [-0.15, -0.1) is 22.7 Å². The number of carbonyl (C=O) groups is 1. The summed E-state index contributed by atoms with van der Waals surface area (Å²) in [7, 11) is 1.89. The molecule has 5 aromatic heterocycles. The van der Waals surface area contributed by atoms with Gasteiger partial charge < -0.3 is 5.32 Å². The van der Waals surface area contributed by atoms with E-state index >= 15 is 0 Å². The standard InChI is InChI=1S/C21H19N7OS2/c1-12-19-14(17-5-4-8-30-17)6-7-22-20(19)28(26-12)10-18(29)25-21-24-16(11-31-21)15-9-23-27(3)13(15)2/h4-9,11H,10H2,1-3H3,(H,24,25,29). The van der Waals surface area contributed by atoms with Gasteiger partial charge >= 0.3 is 0 Å². The molecule has 0 atom stereocenters. The quantitative estimate of drug-likeness (QED) is 0.433. The third kappa shape index (κ3) is 3.53. The average Bonchev–Trinajstić information content (AvgIpc) is 3.53. The second kappa shape index (κ2) is 7.71. The minimum Gasteiger partial charge on any atom is -0.300 e. The van der Waals surface area contributed by atoms with Crippen molar-refractivity contribution in [1.29, 1.82) is 0 Å². The fourth-order valence-corrected chi connectivity index (χ4v) is 5.01. The van der Waals surface area contributed by atoms with E-state index < -0.39 is 0 Å². The van der Waals surface area contributed by atoms with Gasteiger partial charge in [-0.1, -0.05) is 6.07 Å². The topological polar surface area (TPSA) is 90.5 Å². The number of aromatic nitrogens is 6. The van der Waals surface area contributed by atoms with Crippen molar-refractivity contribution < 1.29 is 4.79 Å². The number of carbonyl (C=O) groups excluding carboxylic acids is 1. The number of hydrogen-bond donors (Lipinski definition) is 1. The van der Waals surface area contributed by atoms with E-state index in [0.29, 0.717) is 10.8 Å². The predicted octanol–water partition coefficient (Wildman–Crippen LogP) is 4.27. The maximum absolute atomic E-state index is 12.7. The lowest BCUT2D eigenvalue weighted by atomic mass is 10.1. The van der Waals surface area contributed by atoms with Crippen molar-refractivity contribution in [1.82, 2.24) is 29.5 Å². The third-order valence-corrected chi connectivity index (χ3v) is 6.81. The molecule has 1 amide bonds. The van der Waals surface area contributed by atoms with Crippen molar-refractivity contribution in [2.45, 2.75) is 20.4 Å². The summed E-state index contributed by atoms with van der Waals surface area (Å²) < 4.78 is 3.45. The van der Waals surface area contributed by atoms with Gasteiger partial charge in [-0.3, -0.25) is 9.48 Å². The molecule has 0 radical (unpaired) electrons. The van der Waals surface area contributed by atoms with E-state index in [-0.39, 0.29) is 12.5 Å². The maximum Gasteiger partial charge on any atom is 0.247 e. The first-order chi connectivity index (χ1) is 15.0. The Morgan fingerprint density at radius 2 is 2.06 bits per heavy atom. The summed E-state index contributed by atoms with van der Waals surface area (Å²) in [5.41, 5.74) is 5.41. The Bertz CT molecular complexity index is 1390. The Hall–Kier alpha value is -3.37. The zero-order valence-electron chi connectivity index (χ0n) is 17.2. The van der Waals surface area contributed by atoms with Crippen molar-refractivity contribution in [2.75, 3.05) is 5.32 Å². The first-order valence-corrected chi connectivity index (χ1v) is 11.4. The molecule has 0 aromatic carbocycles. The minimum absolute atomic E-state index is 0.0616. The molecule has 1 N–H and O–H groups in total. The van der Waals surface area contributed by atoms with Gasteiger partial charge in [0.1, 0.15) is 6.54 Å². The number of pyridine rings is 1. The molecule has 0 fully saturated rings. The van der Waals surface area contributed by atoms with E-state index in [2.05, 4.69) is 31.5 Å². The number of thiophene rings is 1. The fourth-order valence-electron chi connectivity index (χ4n) is 3.53. The second-order valence-electron chi connectivity index (χ2n) is 7.13. The van der Waals surface area contributed by atoms with Crippen LogP contribution in [0.25, 0.3) is 32.7 Å². The summed E-state index contributed by atoms with van der Waals surface area (Å²) in [6.07, 6.45) is 3.54. The molecule has 0 aliphatic carbocycles. The molecule has 0 saturated carbocycles. The van der Waals surface area contributed by atoms with Crippen molar-refractivity contribution in [3.05, 3.63) is 52.7 Å². The highest BCUT2D eigenvalue weighted by atomic mass is 32.1. The van der Waals surface area contributed by atoms with Gasteiger partial charge in [-0.2, -0.15) is 10.2 Å². The molecule has 0 aliphatic heterocycles. The minimum atomic E-state index is -0.198. The van der Waals surface area contributed by atoms with E-state index in [1.807, 2.05) is 43.8 Å². The lowest BCUT2D eigenvalue weighted by molar-refractivity contribution is -0.116. The summed E-state index contributed by atoms with van der Waals surface area (Å²) in [6, 6.07) is 6.09. The van der Waals surface area contributed by atoms with Crippen LogP contribution < -0.4 is 5.32 Å². The zero-order chi connectivity index (χ0) is 21.5. The van der Waals surface area contributed by atoms with Crippen LogP contribution in [0.15, 0.2) is 41.4 Å². The molecule has 5 aromatic rings. The van der Waals surface area contributed by atoms with Crippen LogP contribution >= 0.6 is 22.7 Å². The molecule has 8 nitrogen and oxygen atoms in total. The highest BCUT2D eigenvalue weighted by Gasteiger charge is 2.17. The summed E-state index contributed by atoms with van der Waals surface area (Å²) >= 11 is 3.06. The molecule has 0 spiro atoms. The zero-order valence-corrected chi connectivity index (χ0v) is 18.8. The van der Waals surface area contributed by atoms with Gasteiger partial charge in [0.25, 0.3) is 0 Å². The van der Waals surface area contributed by atoms with E-state index in [1.54, 1.807) is 33.1 Å². The Labute approximate surface area is 186 Å². The third-order valence-electron chi connectivity index (χ3n) is 5.15. The van der Waals surface area contributed by atoms with Crippen LogP contribution in [-0.4, -0.2) is 35.4 Å². The van der Waals surface area contributed by atoms with E-state index in [9.17, 15) is 4.79 Å². The smallest absolute Gasteiger partial charge is 0.247 e. The largest absolute Gasteiger partial charge is 0.300 e. The van der Waals surface area contributed by atoms with Gasteiger partial charge in [0.15, 0.2) is 10.8 Å². The maximum atomic E-state index is 12.7. The molecule has 0 bridgehead atoms. The van der Waals surface area contributed by atoms with Gasteiger partial charge in [0.2, 0.25) is 5.91 Å². The Morgan fingerprint density at radius 1 is 1.19 bits per heavy atom. The van der Waals surface area contributed by atoms with Crippen molar-refractivity contribution in [3.8, 4) is 21.7 Å². The summed E-state index contributed by atoms with van der Waals surface area (Å²) in [4.78, 5) is 22.9. The van der Waals surface area contributed by atoms with Crippen LogP contribution in [0, 0.1) is 13.8 Å². The van der Waals surface area contributed by atoms with Gasteiger partial charge in [-0.05, 0) is 31.4 Å². The summed E-state index contributed by atoms with van der Waals surface area (Å²) in [5.74, 6) is -0.198. The number of nitrogens with one attached hydrogen (secondary N) is 1. The first kappa shape index (κ1) is 19.6. The number of nitrogens with zero attached hydrogens (tertiary/aromatic N) is 6. The van der Waals surface area contributed by atoms with Crippen LogP contribution in [-0.2, 0) is 18.4 Å². The molecular formula is C21H19N7OS2. The number of rotatable bonds is 5. The van der Waals surface area contributed by atoms with Crippen LogP contribution in [0.2, 0.25) is 0 Å². The fraction of sp³-hybridized carbons (Fsp3) is 0.190.